The molecule has 1 aliphatic heterocycles. The molecule has 0 unspecified atom stereocenters. The van der Waals surface area contributed by atoms with E-state index in [1.807, 2.05) is 4.90 Å². The molecule has 7 heteroatoms. The number of piperidine rings is 1. The smallest absolute Gasteiger partial charge is 0.352 e. The van der Waals surface area contributed by atoms with Crippen LogP contribution in [0.4, 0.5) is 19.0 Å². The highest BCUT2D eigenvalue weighted by Gasteiger charge is 2.33. The lowest BCUT2D eigenvalue weighted by Gasteiger charge is -2.26. The summed E-state index contributed by atoms with van der Waals surface area (Å²) in [5, 5.41) is 2.77. The van der Waals surface area contributed by atoms with Gasteiger partial charge in [0, 0.05) is 18.5 Å². The number of carbonyl (C=O) groups is 1. The predicted molar refractivity (Wildman–Crippen MR) is 76.1 cm³/mol. The fraction of sp³-hybridized carbons (Fsp3) is 0.467. The molecule has 2 rings (SSSR count). The standard InChI is InChI=1S/C15H18F3N3O/c1-2-7-19-14(22)11-5-8-21(9-6-11)13-4-3-12(10-20-13)15(16,17)18/h2-4,10-11H,1,5-9H2,(H,19,22)/p+1. The van der Waals surface area contributed by atoms with Crippen molar-refractivity contribution in [3.05, 3.63) is 36.5 Å². The van der Waals surface area contributed by atoms with Crippen LogP contribution in [-0.2, 0) is 11.0 Å². The number of pyridine rings is 1. The third kappa shape index (κ3) is 3.99. The molecule has 0 saturated carbocycles. The lowest BCUT2D eigenvalue weighted by atomic mass is 9.96. The molecule has 0 aromatic carbocycles. The molecule has 1 aliphatic rings. The van der Waals surface area contributed by atoms with Gasteiger partial charge < -0.3 is 5.32 Å². The zero-order chi connectivity index (χ0) is 16.2. The average Bonchev–Trinajstić information content (AvgIpc) is 2.52. The summed E-state index contributed by atoms with van der Waals surface area (Å²) in [5.74, 6) is 0.597. The molecule has 0 aliphatic carbocycles. The van der Waals surface area contributed by atoms with Gasteiger partial charge in [0.05, 0.1) is 18.7 Å². The van der Waals surface area contributed by atoms with Crippen molar-refractivity contribution in [3.8, 4) is 0 Å². The quantitative estimate of drug-likeness (QED) is 0.865. The molecule has 2 N–H and O–H groups in total. The van der Waals surface area contributed by atoms with Crippen LogP contribution in [0.2, 0.25) is 0 Å². The molecule has 1 amide bonds. The Bertz CT molecular complexity index is 520. The van der Waals surface area contributed by atoms with Crippen molar-refractivity contribution in [1.29, 1.82) is 0 Å². The van der Waals surface area contributed by atoms with Gasteiger partial charge >= 0.3 is 6.18 Å². The van der Waals surface area contributed by atoms with Crippen LogP contribution in [0, 0.1) is 5.92 Å². The maximum atomic E-state index is 12.5. The molecular formula is C15H19F3N3O+. The summed E-state index contributed by atoms with van der Waals surface area (Å²) in [5.41, 5.74) is -0.699. The number of halogens is 3. The van der Waals surface area contributed by atoms with Crippen LogP contribution in [0.15, 0.2) is 31.0 Å². The minimum Gasteiger partial charge on any atom is -0.352 e. The van der Waals surface area contributed by atoms with E-state index < -0.39 is 11.7 Å². The summed E-state index contributed by atoms with van der Waals surface area (Å²) in [6.07, 6.45) is -0.386. The third-order valence-electron chi connectivity index (χ3n) is 3.75. The van der Waals surface area contributed by atoms with E-state index in [-0.39, 0.29) is 11.8 Å². The highest BCUT2D eigenvalue weighted by Crippen LogP contribution is 2.29. The lowest BCUT2D eigenvalue weighted by molar-refractivity contribution is -0.367. The van der Waals surface area contributed by atoms with Crippen LogP contribution < -0.4 is 15.2 Å². The first-order valence-corrected chi connectivity index (χ1v) is 7.14. The molecule has 0 spiro atoms. The largest absolute Gasteiger partial charge is 0.419 e. The molecule has 0 atom stereocenters. The lowest BCUT2D eigenvalue weighted by Crippen LogP contribution is -2.42. The van der Waals surface area contributed by atoms with Gasteiger partial charge in [-0.15, -0.1) is 6.58 Å². The minimum atomic E-state index is -4.34. The Labute approximate surface area is 127 Å². The number of H-pyrrole nitrogens is 1. The normalized spacial score (nSPS) is 16.4. The van der Waals surface area contributed by atoms with E-state index in [0.29, 0.717) is 38.3 Å². The summed E-state index contributed by atoms with van der Waals surface area (Å²) in [6.45, 7) is 5.26. The number of aromatic nitrogens is 1. The molecule has 0 radical (unpaired) electrons. The van der Waals surface area contributed by atoms with Gasteiger partial charge in [-0.05, 0) is 18.9 Å². The fourth-order valence-electron chi connectivity index (χ4n) is 2.49. The van der Waals surface area contributed by atoms with E-state index in [9.17, 15) is 18.0 Å². The molecule has 4 nitrogen and oxygen atoms in total. The number of alkyl halides is 3. The Morgan fingerprint density at radius 3 is 2.59 bits per heavy atom. The fourth-order valence-corrected chi connectivity index (χ4v) is 2.49. The van der Waals surface area contributed by atoms with Gasteiger partial charge in [-0.2, -0.15) is 13.2 Å². The maximum absolute atomic E-state index is 12.5. The zero-order valence-corrected chi connectivity index (χ0v) is 12.1. The van der Waals surface area contributed by atoms with Crippen LogP contribution in [0.1, 0.15) is 18.4 Å². The van der Waals surface area contributed by atoms with Gasteiger partial charge in [-0.3, -0.25) is 9.69 Å². The molecule has 22 heavy (non-hydrogen) atoms. The molecule has 1 aromatic heterocycles. The highest BCUT2D eigenvalue weighted by molar-refractivity contribution is 5.79. The van der Waals surface area contributed by atoms with E-state index in [1.165, 1.54) is 6.07 Å². The van der Waals surface area contributed by atoms with Crippen LogP contribution >= 0.6 is 0 Å². The number of nitrogens with one attached hydrogen (secondary N) is 2. The number of hydrogen-bond donors (Lipinski definition) is 1. The predicted octanol–water partition coefficient (Wildman–Crippen LogP) is 2.04. The van der Waals surface area contributed by atoms with Gasteiger partial charge in [0.25, 0.3) is 5.82 Å². The molecule has 2 heterocycles. The topological polar surface area (TPSA) is 46.5 Å². The van der Waals surface area contributed by atoms with Crippen LogP contribution in [0.3, 0.4) is 0 Å². The first kappa shape index (κ1) is 16.3. The number of carbonyl (C=O) groups excluding carboxylic acids is 1. The Kier molecular flexibility index (Phi) is 5.05. The van der Waals surface area contributed by atoms with Crippen molar-refractivity contribution in [3.63, 3.8) is 0 Å². The van der Waals surface area contributed by atoms with Crippen molar-refractivity contribution in [1.82, 2.24) is 5.32 Å². The second-order valence-corrected chi connectivity index (χ2v) is 5.26. The third-order valence-corrected chi connectivity index (χ3v) is 3.75. The number of rotatable bonds is 4. The molecular weight excluding hydrogens is 295 g/mol. The summed E-state index contributed by atoms with van der Waals surface area (Å²) in [4.78, 5) is 16.5. The monoisotopic (exact) mass is 314 g/mol. The van der Waals surface area contributed by atoms with Crippen LogP contribution in [0.5, 0.6) is 0 Å². The van der Waals surface area contributed by atoms with Gasteiger partial charge in [0.1, 0.15) is 6.20 Å². The first-order valence-electron chi connectivity index (χ1n) is 7.14. The van der Waals surface area contributed by atoms with E-state index in [0.717, 1.165) is 12.3 Å². The minimum absolute atomic E-state index is 0.0101. The molecule has 120 valence electrons. The van der Waals surface area contributed by atoms with Crippen molar-refractivity contribution < 1.29 is 22.9 Å². The van der Waals surface area contributed by atoms with Gasteiger partial charge in [-0.1, -0.05) is 6.08 Å². The number of nitrogens with zero attached hydrogens (tertiary/aromatic N) is 1. The second kappa shape index (κ2) is 6.81. The van der Waals surface area contributed by atoms with E-state index >= 15 is 0 Å². The van der Waals surface area contributed by atoms with Crippen molar-refractivity contribution in [2.75, 3.05) is 24.5 Å². The number of hydrogen-bond acceptors (Lipinski definition) is 2. The summed E-state index contributed by atoms with van der Waals surface area (Å²) in [6, 6.07) is 2.50. The van der Waals surface area contributed by atoms with Crippen molar-refractivity contribution in [2.45, 2.75) is 19.0 Å². The number of amides is 1. The summed E-state index contributed by atoms with van der Waals surface area (Å²) in [7, 11) is 0. The van der Waals surface area contributed by atoms with Crippen molar-refractivity contribution in [2.24, 2.45) is 5.92 Å². The van der Waals surface area contributed by atoms with Gasteiger partial charge in [-0.25, -0.2) is 4.98 Å². The highest BCUT2D eigenvalue weighted by atomic mass is 19.4. The van der Waals surface area contributed by atoms with Crippen LogP contribution in [0.25, 0.3) is 0 Å². The molecule has 1 saturated heterocycles. The van der Waals surface area contributed by atoms with Gasteiger partial charge in [0.2, 0.25) is 5.91 Å². The Morgan fingerprint density at radius 2 is 2.09 bits per heavy atom. The average molecular weight is 314 g/mol. The Hall–Kier alpha value is -2.05. The maximum Gasteiger partial charge on any atom is 0.419 e. The van der Waals surface area contributed by atoms with Gasteiger partial charge in [0.15, 0.2) is 0 Å². The summed E-state index contributed by atoms with van der Waals surface area (Å²) < 4.78 is 37.6. The molecule has 0 bridgehead atoms. The van der Waals surface area contributed by atoms with E-state index in [2.05, 4.69) is 16.9 Å². The molecule has 1 aromatic rings. The summed E-state index contributed by atoms with van der Waals surface area (Å²) >= 11 is 0. The van der Waals surface area contributed by atoms with E-state index in [4.69, 9.17) is 0 Å². The zero-order valence-electron chi connectivity index (χ0n) is 12.1. The Morgan fingerprint density at radius 1 is 1.41 bits per heavy atom. The molecule has 1 fully saturated rings. The van der Waals surface area contributed by atoms with Crippen LogP contribution in [-0.4, -0.2) is 25.5 Å². The Balaban J connectivity index is 1.91. The van der Waals surface area contributed by atoms with E-state index in [1.54, 1.807) is 6.08 Å². The van der Waals surface area contributed by atoms with Crippen molar-refractivity contribution >= 4 is 11.7 Å². The first-order chi connectivity index (χ1) is 10.4. The number of anilines is 1. The second-order valence-electron chi connectivity index (χ2n) is 5.26. The SMILES string of the molecule is C=CCNC(=O)C1CCN(c2ccc(C(F)(F)F)c[nH+]2)CC1. The number of aromatic amines is 1.